The summed E-state index contributed by atoms with van der Waals surface area (Å²) in [6.45, 7) is 0. The van der Waals surface area contributed by atoms with Crippen molar-refractivity contribution in [1.29, 1.82) is 0 Å². The summed E-state index contributed by atoms with van der Waals surface area (Å²) in [6.07, 6.45) is 0. The molecular weight excluding hydrogens is 540 g/mol. The number of hydrogen-bond donors (Lipinski definition) is 0. The highest BCUT2D eigenvalue weighted by Crippen LogP contribution is 2.39. The van der Waals surface area contributed by atoms with E-state index < -0.39 is 0 Å². The molecule has 0 bridgehead atoms. The summed E-state index contributed by atoms with van der Waals surface area (Å²) in [7, 11) is 0. The summed E-state index contributed by atoms with van der Waals surface area (Å²) in [6, 6.07) is 49.7. The summed E-state index contributed by atoms with van der Waals surface area (Å²) in [5.74, 6) is 1.91. The Balaban J connectivity index is 1.32. The molecule has 0 aliphatic rings. The number of hydrogen-bond acceptors (Lipinski definition) is 4. The van der Waals surface area contributed by atoms with Crippen molar-refractivity contribution >= 4 is 43.7 Å². The van der Waals surface area contributed by atoms with E-state index in [0.717, 1.165) is 60.7 Å². The summed E-state index contributed by atoms with van der Waals surface area (Å²) in [4.78, 5) is 14.9. The predicted octanol–water partition coefficient (Wildman–Crippen LogP) is 9.87. The molecule has 0 radical (unpaired) electrons. The monoisotopic (exact) mass is 564 g/mol. The number of rotatable bonds is 4. The van der Waals surface area contributed by atoms with E-state index in [4.69, 9.17) is 19.4 Å². The Bertz CT molecular complexity index is 2440. The van der Waals surface area contributed by atoms with Crippen molar-refractivity contribution in [2.45, 2.75) is 0 Å². The Morgan fingerprint density at radius 2 is 0.977 bits per heavy atom. The molecule has 0 unspecified atom stereocenters. The van der Waals surface area contributed by atoms with Crippen LogP contribution in [0.4, 0.5) is 0 Å². The fraction of sp³-hybridized carbons (Fsp3) is 0. The lowest BCUT2D eigenvalue weighted by atomic mass is 10.1. The van der Waals surface area contributed by atoms with Crippen molar-refractivity contribution in [2.75, 3.05) is 0 Å². The van der Waals surface area contributed by atoms with Gasteiger partial charge in [0.2, 0.25) is 0 Å². The van der Waals surface area contributed by atoms with Gasteiger partial charge in [-0.3, -0.25) is 0 Å². The van der Waals surface area contributed by atoms with Gasteiger partial charge in [0.15, 0.2) is 23.1 Å². The second-order valence-corrected chi connectivity index (χ2v) is 10.9. The average molecular weight is 565 g/mol. The van der Waals surface area contributed by atoms with E-state index in [2.05, 4.69) is 77.4 Å². The normalized spacial score (nSPS) is 11.6. The van der Waals surface area contributed by atoms with Gasteiger partial charge in [-0.2, -0.15) is 0 Å². The third-order valence-electron chi connectivity index (χ3n) is 8.26. The summed E-state index contributed by atoms with van der Waals surface area (Å²) in [5.41, 5.74) is 7.70. The van der Waals surface area contributed by atoms with Crippen molar-refractivity contribution in [3.8, 4) is 39.9 Å². The Kier molecular flexibility index (Phi) is 5.43. The molecule has 0 spiro atoms. The van der Waals surface area contributed by atoms with Gasteiger partial charge in [-0.1, -0.05) is 121 Å². The van der Waals surface area contributed by atoms with Gasteiger partial charge in [-0.15, -0.1) is 0 Å². The lowest BCUT2D eigenvalue weighted by Gasteiger charge is -2.11. The van der Waals surface area contributed by atoms with Gasteiger partial charge in [-0.05, 0) is 24.3 Å². The smallest absolute Gasteiger partial charge is 0.164 e. The molecule has 6 aromatic carbocycles. The van der Waals surface area contributed by atoms with Crippen molar-refractivity contribution < 1.29 is 4.42 Å². The Morgan fingerprint density at radius 1 is 0.409 bits per heavy atom. The maximum Gasteiger partial charge on any atom is 0.164 e. The molecule has 0 atom stereocenters. The molecule has 9 rings (SSSR count). The van der Waals surface area contributed by atoms with E-state index in [1.54, 1.807) is 0 Å². The zero-order valence-electron chi connectivity index (χ0n) is 23.6. The van der Waals surface area contributed by atoms with Crippen molar-refractivity contribution in [1.82, 2.24) is 19.5 Å². The predicted molar refractivity (Wildman–Crippen MR) is 178 cm³/mol. The van der Waals surface area contributed by atoms with E-state index in [1.165, 1.54) is 5.39 Å². The molecule has 0 fully saturated rings. The SMILES string of the molecule is c1ccc(-c2nc(-c3ccccc3)nc(-c3ccc4c5ccccc5n(-c5cccc6c5oc5ccccc56)c4c3)n2)cc1. The van der Waals surface area contributed by atoms with E-state index >= 15 is 0 Å². The minimum atomic E-state index is 0.623. The minimum Gasteiger partial charge on any atom is -0.454 e. The number of fused-ring (bicyclic) bond motifs is 6. The van der Waals surface area contributed by atoms with Gasteiger partial charge < -0.3 is 8.98 Å². The maximum atomic E-state index is 6.50. The molecule has 5 heteroatoms. The molecule has 0 aliphatic heterocycles. The van der Waals surface area contributed by atoms with Crippen LogP contribution in [0.15, 0.2) is 150 Å². The van der Waals surface area contributed by atoms with Crippen LogP contribution in [-0.4, -0.2) is 19.5 Å². The molecule has 44 heavy (non-hydrogen) atoms. The van der Waals surface area contributed by atoms with Crippen LogP contribution in [0.5, 0.6) is 0 Å². The Morgan fingerprint density at radius 3 is 1.70 bits per heavy atom. The third kappa shape index (κ3) is 3.83. The molecule has 3 aromatic heterocycles. The van der Waals surface area contributed by atoms with Crippen molar-refractivity contribution in [3.63, 3.8) is 0 Å². The molecule has 0 N–H and O–H groups in total. The summed E-state index contributed by atoms with van der Waals surface area (Å²) < 4.78 is 8.80. The van der Waals surface area contributed by atoms with Crippen LogP contribution in [0, 0.1) is 0 Å². The fourth-order valence-electron chi connectivity index (χ4n) is 6.22. The van der Waals surface area contributed by atoms with Gasteiger partial charge >= 0.3 is 0 Å². The van der Waals surface area contributed by atoms with Crippen LogP contribution >= 0.6 is 0 Å². The quantitative estimate of drug-likeness (QED) is 0.213. The molecule has 9 aromatic rings. The first-order valence-corrected chi connectivity index (χ1v) is 14.6. The highest BCUT2D eigenvalue weighted by Gasteiger charge is 2.19. The van der Waals surface area contributed by atoms with Crippen LogP contribution in [0.1, 0.15) is 0 Å². The highest BCUT2D eigenvalue weighted by molar-refractivity contribution is 6.13. The van der Waals surface area contributed by atoms with Gasteiger partial charge in [0.1, 0.15) is 5.58 Å². The van der Waals surface area contributed by atoms with E-state index in [1.807, 2.05) is 72.8 Å². The summed E-state index contributed by atoms with van der Waals surface area (Å²) >= 11 is 0. The molecule has 5 nitrogen and oxygen atoms in total. The number of furan rings is 1. The standard InChI is InChI=1S/C39H24N4O/c1-3-12-25(13-4-1)37-40-38(26-14-5-2-6-15-26)42-39(41-37)27-22-23-29-28-16-7-9-19-32(28)43(34(29)24-27)33-20-11-18-31-30-17-8-10-21-35(30)44-36(31)33/h1-24H. The number of benzene rings is 6. The first-order chi connectivity index (χ1) is 21.8. The molecule has 206 valence electrons. The average Bonchev–Trinajstić information content (AvgIpc) is 3.64. The lowest BCUT2D eigenvalue weighted by Crippen LogP contribution is -2.00. The zero-order valence-corrected chi connectivity index (χ0v) is 23.6. The largest absolute Gasteiger partial charge is 0.454 e. The minimum absolute atomic E-state index is 0.623. The van der Waals surface area contributed by atoms with Crippen LogP contribution in [0.25, 0.3) is 83.6 Å². The van der Waals surface area contributed by atoms with E-state index in [0.29, 0.717) is 17.5 Å². The fourth-order valence-corrected chi connectivity index (χ4v) is 6.22. The van der Waals surface area contributed by atoms with Gasteiger partial charge in [0.05, 0.1) is 16.7 Å². The molecule has 0 saturated carbocycles. The van der Waals surface area contributed by atoms with Gasteiger partial charge in [0, 0.05) is 38.2 Å². The second-order valence-electron chi connectivity index (χ2n) is 10.9. The molecule has 0 saturated heterocycles. The molecule has 3 heterocycles. The topological polar surface area (TPSA) is 56.7 Å². The summed E-state index contributed by atoms with van der Waals surface area (Å²) in [5, 5.41) is 4.53. The number of aromatic nitrogens is 4. The number of para-hydroxylation sites is 3. The molecular formula is C39H24N4O. The van der Waals surface area contributed by atoms with Crippen LogP contribution in [0.2, 0.25) is 0 Å². The Labute approximate surface area is 252 Å². The molecule has 0 amide bonds. The second kappa shape index (κ2) is 9.75. The third-order valence-corrected chi connectivity index (χ3v) is 8.26. The van der Waals surface area contributed by atoms with E-state index in [9.17, 15) is 0 Å². The van der Waals surface area contributed by atoms with E-state index in [-0.39, 0.29) is 0 Å². The van der Waals surface area contributed by atoms with Crippen LogP contribution < -0.4 is 0 Å². The highest BCUT2D eigenvalue weighted by atomic mass is 16.3. The van der Waals surface area contributed by atoms with Crippen molar-refractivity contribution in [3.05, 3.63) is 146 Å². The van der Waals surface area contributed by atoms with Gasteiger partial charge in [0.25, 0.3) is 0 Å². The van der Waals surface area contributed by atoms with Crippen LogP contribution in [-0.2, 0) is 0 Å². The first-order valence-electron chi connectivity index (χ1n) is 14.6. The number of nitrogens with zero attached hydrogens (tertiary/aromatic N) is 4. The lowest BCUT2D eigenvalue weighted by molar-refractivity contribution is 0.666. The maximum absolute atomic E-state index is 6.50. The van der Waals surface area contributed by atoms with Crippen LogP contribution in [0.3, 0.4) is 0 Å². The van der Waals surface area contributed by atoms with Crippen molar-refractivity contribution in [2.24, 2.45) is 0 Å². The van der Waals surface area contributed by atoms with Gasteiger partial charge in [-0.25, -0.2) is 15.0 Å². The molecule has 0 aliphatic carbocycles. The first kappa shape index (κ1) is 24.5. The zero-order chi connectivity index (χ0) is 29.0. The Hall–Kier alpha value is -6.07.